The summed E-state index contributed by atoms with van der Waals surface area (Å²) in [5.41, 5.74) is 14.1. The predicted octanol–water partition coefficient (Wildman–Crippen LogP) is 13.9. The maximum Gasteiger partial charge on any atom is -0.00199 e. The number of benzene rings is 9. The van der Waals surface area contributed by atoms with Crippen molar-refractivity contribution in [2.75, 3.05) is 0 Å². The average molecular weight is 625 g/mol. The van der Waals surface area contributed by atoms with Crippen LogP contribution in [-0.4, -0.2) is 0 Å². The van der Waals surface area contributed by atoms with Crippen molar-refractivity contribution in [2.24, 2.45) is 0 Å². The Bertz CT molecular complexity index is 2650. The largest absolute Gasteiger partial charge is 0.0616 e. The standard InChI is InChI=1S/C49H36/c1-31-28-32(2)47(33(3)29-31)49-44-22-10-8-20-42(44)48(43-21-9-11-23-45(43)49)46-30-36(39-24-12-16-34-14-4-6-18-37(34)39)26-27-41(46)40-25-13-17-35-15-5-7-19-38(35)40/h4-30H,1-3H3. The Morgan fingerprint density at radius 3 is 1.31 bits per heavy atom. The number of rotatable bonds is 4. The van der Waals surface area contributed by atoms with Crippen molar-refractivity contribution in [2.45, 2.75) is 20.8 Å². The first-order chi connectivity index (χ1) is 24.1. The monoisotopic (exact) mass is 624 g/mol. The third-order valence-corrected chi connectivity index (χ3v) is 10.3. The Hall–Kier alpha value is -5.98. The second-order valence-corrected chi connectivity index (χ2v) is 13.4. The van der Waals surface area contributed by atoms with Crippen LogP contribution < -0.4 is 0 Å². The van der Waals surface area contributed by atoms with Crippen LogP contribution in [0.5, 0.6) is 0 Å². The van der Waals surface area contributed by atoms with Crippen molar-refractivity contribution < 1.29 is 0 Å². The van der Waals surface area contributed by atoms with Gasteiger partial charge in [0.25, 0.3) is 0 Å². The van der Waals surface area contributed by atoms with Crippen molar-refractivity contribution in [3.63, 3.8) is 0 Å². The highest BCUT2D eigenvalue weighted by molar-refractivity contribution is 6.23. The summed E-state index contributed by atoms with van der Waals surface area (Å²) in [5, 5.41) is 10.1. The summed E-state index contributed by atoms with van der Waals surface area (Å²) in [6.45, 7) is 6.72. The second kappa shape index (κ2) is 11.6. The van der Waals surface area contributed by atoms with Gasteiger partial charge in [-0.2, -0.15) is 0 Å². The van der Waals surface area contributed by atoms with E-state index in [0.717, 1.165) is 0 Å². The fraction of sp³-hybridized carbons (Fsp3) is 0.0612. The van der Waals surface area contributed by atoms with E-state index in [1.165, 1.54) is 104 Å². The first-order valence-corrected chi connectivity index (χ1v) is 17.2. The summed E-state index contributed by atoms with van der Waals surface area (Å²) >= 11 is 0. The van der Waals surface area contributed by atoms with Gasteiger partial charge in [-0.15, -0.1) is 0 Å². The van der Waals surface area contributed by atoms with Crippen LogP contribution in [0.3, 0.4) is 0 Å². The molecule has 0 radical (unpaired) electrons. The molecule has 0 amide bonds. The van der Waals surface area contributed by atoms with Crippen LogP contribution in [0.25, 0.3) is 87.6 Å². The molecule has 0 saturated heterocycles. The summed E-state index contributed by atoms with van der Waals surface area (Å²) in [5.74, 6) is 0. The molecule has 9 aromatic carbocycles. The van der Waals surface area contributed by atoms with Crippen molar-refractivity contribution in [3.8, 4) is 44.5 Å². The molecule has 0 aliphatic carbocycles. The molecule has 0 aromatic heterocycles. The van der Waals surface area contributed by atoms with Crippen LogP contribution in [0.15, 0.2) is 164 Å². The van der Waals surface area contributed by atoms with E-state index in [4.69, 9.17) is 0 Å². The van der Waals surface area contributed by atoms with Crippen LogP contribution in [-0.2, 0) is 0 Å². The molecule has 0 fully saturated rings. The number of fused-ring (bicyclic) bond motifs is 4. The molecule has 0 bridgehead atoms. The third-order valence-electron chi connectivity index (χ3n) is 10.3. The minimum Gasteiger partial charge on any atom is -0.0616 e. The molecule has 9 aromatic rings. The van der Waals surface area contributed by atoms with Gasteiger partial charge < -0.3 is 0 Å². The highest BCUT2D eigenvalue weighted by Gasteiger charge is 2.22. The molecule has 0 N–H and O–H groups in total. The first kappa shape index (κ1) is 29.2. The molecule has 0 unspecified atom stereocenters. The topological polar surface area (TPSA) is 0 Å². The zero-order valence-electron chi connectivity index (χ0n) is 28.1. The van der Waals surface area contributed by atoms with Gasteiger partial charge in [0.15, 0.2) is 0 Å². The molecule has 0 spiro atoms. The maximum atomic E-state index is 2.45. The average Bonchev–Trinajstić information content (AvgIpc) is 3.13. The fourth-order valence-electron chi connectivity index (χ4n) is 8.35. The molecule has 232 valence electrons. The van der Waals surface area contributed by atoms with Gasteiger partial charge in [0, 0.05) is 0 Å². The van der Waals surface area contributed by atoms with Gasteiger partial charge in [0.2, 0.25) is 0 Å². The minimum atomic E-state index is 1.22. The zero-order chi connectivity index (χ0) is 33.1. The Balaban J connectivity index is 1.44. The predicted molar refractivity (Wildman–Crippen MR) is 212 cm³/mol. The van der Waals surface area contributed by atoms with E-state index in [-0.39, 0.29) is 0 Å². The van der Waals surface area contributed by atoms with Crippen LogP contribution in [0.2, 0.25) is 0 Å². The maximum absolute atomic E-state index is 2.45. The molecule has 9 rings (SSSR count). The van der Waals surface area contributed by atoms with E-state index in [0.29, 0.717) is 0 Å². The second-order valence-electron chi connectivity index (χ2n) is 13.4. The van der Waals surface area contributed by atoms with Gasteiger partial charge in [-0.1, -0.05) is 163 Å². The van der Waals surface area contributed by atoms with Crippen molar-refractivity contribution >= 4 is 43.1 Å². The molecule has 0 saturated carbocycles. The molecule has 0 nitrogen and oxygen atoms in total. The van der Waals surface area contributed by atoms with Gasteiger partial charge in [0.1, 0.15) is 0 Å². The van der Waals surface area contributed by atoms with E-state index in [2.05, 4.69) is 185 Å². The lowest BCUT2D eigenvalue weighted by atomic mass is 9.81. The lowest BCUT2D eigenvalue weighted by molar-refractivity contribution is 1.33. The number of hydrogen-bond acceptors (Lipinski definition) is 0. The van der Waals surface area contributed by atoms with E-state index < -0.39 is 0 Å². The number of hydrogen-bond donors (Lipinski definition) is 0. The first-order valence-electron chi connectivity index (χ1n) is 17.2. The Kier molecular flexibility index (Phi) is 6.92. The van der Waals surface area contributed by atoms with Crippen molar-refractivity contribution in [1.29, 1.82) is 0 Å². The van der Waals surface area contributed by atoms with Gasteiger partial charge in [-0.25, -0.2) is 0 Å². The van der Waals surface area contributed by atoms with Gasteiger partial charge in [0.05, 0.1) is 0 Å². The summed E-state index contributed by atoms with van der Waals surface area (Å²) in [6.07, 6.45) is 0. The highest BCUT2D eigenvalue weighted by atomic mass is 14.2. The summed E-state index contributed by atoms with van der Waals surface area (Å²) < 4.78 is 0. The molecule has 0 atom stereocenters. The van der Waals surface area contributed by atoms with Crippen LogP contribution >= 0.6 is 0 Å². The molecule has 0 aliphatic heterocycles. The SMILES string of the molecule is Cc1cc(C)c(-c2c3ccccc3c(-c3cc(-c4cccc5ccccc45)ccc3-c3cccc4ccccc34)c3ccccc23)c(C)c1. The quantitative estimate of drug-likeness (QED) is 0.171. The van der Waals surface area contributed by atoms with Gasteiger partial charge >= 0.3 is 0 Å². The van der Waals surface area contributed by atoms with Crippen molar-refractivity contribution in [3.05, 3.63) is 180 Å². The molecule has 0 heterocycles. The lowest BCUT2D eigenvalue weighted by Gasteiger charge is -2.22. The molecule has 0 aliphatic rings. The molecule has 0 heteroatoms. The van der Waals surface area contributed by atoms with Gasteiger partial charge in [-0.3, -0.25) is 0 Å². The third kappa shape index (κ3) is 4.75. The zero-order valence-corrected chi connectivity index (χ0v) is 28.1. The van der Waals surface area contributed by atoms with Gasteiger partial charge in [-0.05, 0) is 126 Å². The normalized spacial score (nSPS) is 11.6. The highest BCUT2D eigenvalue weighted by Crippen LogP contribution is 2.49. The number of aryl methyl sites for hydroxylation is 3. The van der Waals surface area contributed by atoms with Crippen LogP contribution in [0.1, 0.15) is 16.7 Å². The van der Waals surface area contributed by atoms with Crippen molar-refractivity contribution in [1.82, 2.24) is 0 Å². The van der Waals surface area contributed by atoms with E-state index in [1.807, 2.05) is 0 Å². The van der Waals surface area contributed by atoms with Crippen LogP contribution in [0, 0.1) is 20.8 Å². The molecular formula is C49H36. The minimum absolute atomic E-state index is 1.22. The summed E-state index contributed by atoms with van der Waals surface area (Å²) in [7, 11) is 0. The molecule has 49 heavy (non-hydrogen) atoms. The summed E-state index contributed by atoms with van der Waals surface area (Å²) in [4.78, 5) is 0. The van der Waals surface area contributed by atoms with E-state index in [9.17, 15) is 0 Å². The lowest BCUT2D eigenvalue weighted by Crippen LogP contribution is -1.96. The van der Waals surface area contributed by atoms with E-state index >= 15 is 0 Å². The van der Waals surface area contributed by atoms with E-state index in [1.54, 1.807) is 0 Å². The smallest absolute Gasteiger partial charge is 0.00199 e. The summed E-state index contributed by atoms with van der Waals surface area (Å²) in [6, 6.07) is 60.7. The molecular weight excluding hydrogens is 589 g/mol. The Morgan fingerprint density at radius 1 is 0.286 bits per heavy atom. The fourth-order valence-corrected chi connectivity index (χ4v) is 8.35. The van der Waals surface area contributed by atoms with Crippen LogP contribution in [0.4, 0.5) is 0 Å². The Morgan fingerprint density at radius 2 is 0.735 bits per heavy atom. The Labute approximate surface area is 287 Å².